The molecule has 2 nitrogen and oxygen atoms in total. The lowest BCUT2D eigenvalue weighted by Crippen LogP contribution is -2.16. The highest BCUT2D eigenvalue weighted by Gasteiger charge is 2.13. The maximum absolute atomic E-state index is 8.17. The number of hydrogen-bond acceptors (Lipinski definition) is 2. The molecule has 0 aliphatic carbocycles. The van der Waals surface area contributed by atoms with Gasteiger partial charge in [-0.2, -0.15) is 0 Å². The van der Waals surface area contributed by atoms with Crippen molar-refractivity contribution in [3.05, 3.63) is 65.6 Å². The summed E-state index contributed by atoms with van der Waals surface area (Å²) in [4.78, 5) is 0. The summed E-state index contributed by atoms with van der Waals surface area (Å²) >= 11 is 0. The van der Waals surface area contributed by atoms with Gasteiger partial charge in [0.15, 0.2) is 0 Å². The number of nitrogens with one attached hydrogen (secondary N) is 1. The predicted molar refractivity (Wildman–Crippen MR) is 86.8 cm³/mol. The topological polar surface area (TPSA) is 21.3 Å². The van der Waals surface area contributed by atoms with E-state index in [4.69, 9.17) is 18.4 Å². The molecular weight excluding hydrogens is 270 g/mol. The quantitative estimate of drug-likeness (QED) is 0.865. The van der Waals surface area contributed by atoms with Crippen LogP contribution >= 0.6 is 12.4 Å². The van der Waals surface area contributed by atoms with Crippen molar-refractivity contribution < 1.29 is 18.4 Å². The van der Waals surface area contributed by atoms with Gasteiger partial charge in [-0.05, 0) is 37.6 Å². The van der Waals surface area contributed by atoms with Crippen LogP contribution < -0.4 is 10.1 Å². The van der Waals surface area contributed by atoms with E-state index >= 15 is 0 Å². The highest BCUT2D eigenvalue weighted by molar-refractivity contribution is 5.85. The van der Waals surface area contributed by atoms with Gasteiger partial charge in [-0.3, -0.25) is 0 Å². The van der Waals surface area contributed by atoms with Gasteiger partial charge in [-0.15, -0.1) is 12.4 Å². The summed E-state index contributed by atoms with van der Waals surface area (Å²) in [5, 5.41) is 2.32. The van der Waals surface area contributed by atoms with Crippen LogP contribution in [0.2, 0.25) is 0 Å². The van der Waals surface area contributed by atoms with E-state index in [0.29, 0.717) is 5.56 Å². The average molecular weight is 302 g/mol. The number of para-hydroxylation sites is 1. The van der Waals surface area contributed by atoms with Gasteiger partial charge in [0.05, 0.1) is 9.60 Å². The summed E-state index contributed by atoms with van der Waals surface area (Å²) in [6.07, 6.45) is -1.12. The summed E-state index contributed by atoms with van der Waals surface area (Å²) in [6.45, 7) is -0.856. The largest absolute Gasteiger partial charge is 0.485 e. The minimum Gasteiger partial charge on any atom is -0.485 e. The zero-order valence-electron chi connectivity index (χ0n) is 21.0. The molecular formula is C17H22ClNO. The molecule has 0 radical (unpaired) electrons. The Hall–Kier alpha value is -1.51. The number of halogens is 1. The Bertz CT molecular complexity index is 866. The van der Waals surface area contributed by atoms with Crippen LogP contribution in [0.3, 0.4) is 0 Å². The van der Waals surface area contributed by atoms with Crippen LogP contribution in [0.1, 0.15) is 37.4 Å². The Morgan fingerprint density at radius 2 is 2.05 bits per heavy atom. The summed E-state index contributed by atoms with van der Waals surface area (Å²) in [6, 6.07) is 0.283. The highest BCUT2D eigenvalue weighted by atomic mass is 35.5. The van der Waals surface area contributed by atoms with Crippen LogP contribution in [-0.4, -0.2) is 13.5 Å². The van der Waals surface area contributed by atoms with Crippen molar-refractivity contribution in [3.8, 4) is 5.75 Å². The van der Waals surface area contributed by atoms with Gasteiger partial charge >= 0.3 is 0 Å². The number of rotatable bonds is 6. The number of benzene rings is 2. The number of ether oxygens (including phenoxy) is 1. The lowest BCUT2D eigenvalue weighted by molar-refractivity contribution is 0.193. The minimum atomic E-state index is -2.41. The Kier molecular flexibility index (Phi) is 3.00. The lowest BCUT2D eigenvalue weighted by Gasteiger charge is -2.20. The molecule has 3 heteroatoms. The molecule has 0 bridgehead atoms. The van der Waals surface area contributed by atoms with E-state index < -0.39 is 43.3 Å². The molecule has 2 aromatic rings. The summed E-state index contributed by atoms with van der Waals surface area (Å²) in [5.41, 5.74) is 0.362. The predicted octanol–water partition coefficient (Wildman–Crippen LogP) is 4.15. The van der Waals surface area contributed by atoms with Gasteiger partial charge in [-0.25, -0.2) is 0 Å². The van der Waals surface area contributed by atoms with Crippen LogP contribution in [0.5, 0.6) is 5.75 Å². The molecule has 0 aliphatic heterocycles. The molecule has 2 rings (SSSR count). The van der Waals surface area contributed by atoms with Gasteiger partial charge in [-0.1, -0.05) is 48.4 Å². The molecule has 0 heterocycles. The maximum atomic E-state index is 8.17. The second kappa shape index (κ2) is 8.62. The zero-order chi connectivity index (χ0) is 22.1. The summed E-state index contributed by atoms with van der Waals surface area (Å²) in [5.74, 6) is 0.103. The van der Waals surface area contributed by atoms with E-state index in [0.717, 1.165) is 0 Å². The molecule has 1 atom stereocenters. The number of hydrogen-bond donors (Lipinski definition) is 1. The van der Waals surface area contributed by atoms with Crippen LogP contribution in [-0.2, 0) is 0 Å². The van der Waals surface area contributed by atoms with E-state index in [9.17, 15) is 0 Å². The first-order valence-corrected chi connectivity index (χ1v) is 5.90. The molecule has 1 unspecified atom stereocenters. The van der Waals surface area contributed by atoms with Crippen molar-refractivity contribution in [1.29, 1.82) is 0 Å². The molecule has 2 aromatic carbocycles. The molecule has 0 aromatic heterocycles. The second-order valence-corrected chi connectivity index (χ2v) is 3.97. The molecule has 0 spiro atoms. The van der Waals surface area contributed by atoms with Crippen LogP contribution in [0.15, 0.2) is 54.4 Å². The molecule has 0 saturated heterocycles. The normalized spacial score (nSPS) is 19.2. The minimum absolute atomic E-state index is 0. The van der Waals surface area contributed by atoms with Gasteiger partial charge in [0.25, 0.3) is 0 Å². The zero-order valence-corrected chi connectivity index (χ0v) is 11.8. The summed E-state index contributed by atoms with van der Waals surface area (Å²) in [7, 11) is 0. The average Bonchev–Trinajstić information content (AvgIpc) is 2.59. The first-order chi connectivity index (χ1) is 13.3. The fourth-order valence-electron chi connectivity index (χ4n) is 1.61. The van der Waals surface area contributed by atoms with Gasteiger partial charge in [0, 0.05) is 10.5 Å². The van der Waals surface area contributed by atoms with Gasteiger partial charge in [0.1, 0.15) is 11.9 Å². The van der Waals surface area contributed by atoms with Crippen molar-refractivity contribution in [2.45, 2.75) is 19.4 Å². The first-order valence-electron chi connectivity index (χ1n) is 10.9. The fraction of sp³-hybridized carbons (Fsp3) is 0.294. The molecule has 1 N–H and O–H groups in total. The highest BCUT2D eigenvalue weighted by Crippen LogP contribution is 2.26. The van der Waals surface area contributed by atoms with Crippen molar-refractivity contribution in [2.75, 3.05) is 13.5 Å². The molecule has 0 fully saturated rings. The van der Waals surface area contributed by atoms with E-state index in [1.54, 1.807) is 6.92 Å². The van der Waals surface area contributed by atoms with Crippen LogP contribution in [0, 0.1) is 6.92 Å². The smallest absolute Gasteiger partial charge is 0.125 e. The van der Waals surface area contributed by atoms with E-state index in [-0.39, 0.29) is 48.8 Å². The molecule has 108 valence electrons. The Labute approximate surface area is 141 Å². The Balaban J connectivity index is 0.00000450. The Morgan fingerprint density at radius 3 is 2.75 bits per heavy atom. The van der Waals surface area contributed by atoms with Crippen molar-refractivity contribution in [3.63, 3.8) is 0 Å². The van der Waals surface area contributed by atoms with Crippen LogP contribution in [0.4, 0.5) is 0 Å². The standard InChI is InChI=1S/C17H21NO.ClH/c1-14-8-6-7-11-16(14)19-17(12-13-18-2)15-9-4-3-5-10-15;/h3-11,17-18H,12-13H2,1-2H3;1H/i2D3,3D,4D,5D,6D,9D,10D,11D;. The lowest BCUT2D eigenvalue weighted by atomic mass is 10.1. The molecule has 0 aliphatic rings. The van der Waals surface area contributed by atoms with Crippen molar-refractivity contribution in [1.82, 2.24) is 5.32 Å². The van der Waals surface area contributed by atoms with Crippen molar-refractivity contribution in [2.24, 2.45) is 0 Å². The molecule has 20 heavy (non-hydrogen) atoms. The third-order valence-electron chi connectivity index (χ3n) is 2.58. The van der Waals surface area contributed by atoms with E-state index in [1.807, 2.05) is 0 Å². The monoisotopic (exact) mass is 301 g/mol. The SMILES string of the molecule is Cl.[2H]c1cc([2H])c(OC(CCNC([2H])([2H])[2H])c2c([2H])c([2H])c([2H])c([2H])c2[2H])c(C)c1. The number of aryl methyl sites for hydroxylation is 1. The second-order valence-electron chi connectivity index (χ2n) is 3.97. The van der Waals surface area contributed by atoms with E-state index in [1.165, 1.54) is 12.1 Å². The first kappa shape index (κ1) is 6.97. The van der Waals surface area contributed by atoms with E-state index in [2.05, 4.69) is 5.32 Å². The third kappa shape index (κ3) is 4.55. The molecule has 0 saturated carbocycles. The fourth-order valence-corrected chi connectivity index (χ4v) is 1.61. The summed E-state index contributed by atoms with van der Waals surface area (Å²) < 4.78 is 83.2. The third-order valence-corrected chi connectivity index (χ3v) is 2.58. The maximum Gasteiger partial charge on any atom is 0.125 e. The van der Waals surface area contributed by atoms with Gasteiger partial charge in [0.2, 0.25) is 0 Å². The van der Waals surface area contributed by atoms with Gasteiger partial charge < -0.3 is 10.1 Å². The molecule has 0 amide bonds. The van der Waals surface area contributed by atoms with Crippen molar-refractivity contribution >= 4 is 12.4 Å². The Morgan fingerprint density at radius 1 is 1.25 bits per heavy atom. The van der Waals surface area contributed by atoms with Crippen LogP contribution in [0.25, 0.3) is 0 Å².